The molecule has 0 saturated carbocycles. The number of rotatable bonds is 1. The number of aryl methyl sites for hydroxylation is 2. The van der Waals surface area contributed by atoms with E-state index in [2.05, 4.69) is 26.7 Å². The first-order chi connectivity index (χ1) is 11.7. The number of hydrogen-bond acceptors (Lipinski definition) is 4. The van der Waals surface area contributed by atoms with Gasteiger partial charge in [0.1, 0.15) is 11.4 Å². The second-order valence-electron chi connectivity index (χ2n) is 5.98. The Morgan fingerprint density at radius 2 is 1.92 bits per heavy atom. The minimum atomic E-state index is 0.677. The molecular weight excluding hydrogens is 300 g/mol. The quantitative estimate of drug-likeness (QED) is 0.464. The average molecular weight is 314 g/mol. The van der Waals surface area contributed by atoms with E-state index < -0.39 is 0 Å². The van der Waals surface area contributed by atoms with Crippen LogP contribution in [0.1, 0.15) is 5.69 Å². The lowest BCUT2D eigenvalue weighted by molar-refractivity contribution is 0.652. The summed E-state index contributed by atoms with van der Waals surface area (Å²) in [5.74, 6) is 0.911. The minimum absolute atomic E-state index is 0.677. The predicted octanol–water partition coefficient (Wildman–Crippen LogP) is 4.24. The molecule has 4 heterocycles. The van der Waals surface area contributed by atoms with Crippen LogP contribution < -0.4 is 0 Å². The third kappa shape index (κ3) is 1.78. The lowest BCUT2D eigenvalue weighted by atomic mass is 10.1. The Balaban J connectivity index is 1.79. The van der Waals surface area contributed by atoms with E-state index in [1.165, 1.54) is 0 Å². The normalized spacial score (nSPS) is 11.8. The molecule has 5 heteroatoms. The van der Waals surface area contributed by atoms with Gasteiger partial charge in [-0.25, -0.2) is 9.97 Å². The van der Waals surface area contributed by atoms with Crippen molar-refractivity contribution in [2.45, 2.75) is 6.92 Å². The van der Waals surface area contributed by atoms with Crippen molar-refractivity contribution in [3.05, 3.63) is 54.5 Å². The Morgan fingerprint density at radius 3 is 2.79 bits per heavy atom. The molecule has 0 aliphatic carbocycles. The Bertz CT molecular complexity index is 1230. The molecule has 1 aromatic carbocycles. The number of benzene rings is 1. The molecule has 0 fully saturated rings. The number of furan rings is 1. The van der Waals surface area contributed by atoms with Crippen LogP contribution in [-0.2, 0) is 7.05 Å². The third-order valence-corrected chi connectivity index (χ3v) is 4.42. The van der Waals surface area contributed by atoms with Gasteiger partial charge in [-0.15, -0.1) is 0 Å². The maximum absolute atomic E-state index is 5.86. The summed E-state index contributed by atoms with van der Waals surface area (Å²) in [5, 5.41) is 2.08. The van der Waals surface area contributed by atoms with Gasteiger partial charge < -0.3 is 8.98 Å². The zero-order valence-electron chi connectivity index (χ0n) is 13.3. The lowest BCUT2D eigenvalue weighted by Crippen LogP contribution is -1.92. The van der Waals surface area contributed by atoms with Crippen molar-refractivity contribution in [3.8, 4) is 11.4 Å². The fourth-order valence-electron chi connectivity index (χ4n) is 3.18. The summed E-state index contributed by atoms with van der Waals surface area (Å²) in [7, 11) is 2.01. The molecule has 0 aliphatic heterocycles. The maximum atomic E-state index is 5.86. The summed E-state index contributed by atoms with van der Waals surface area (Å²) < 4.78 is 7.93. The number of imidazole rings is 1. The standard InChI is InChI=1S/C19H14N4O/c1-11-3-5-13-14-9-12(4-6-17(14)24-19(13)21-11)18-22-15-7-8-20-10-16(15)23(18)2/h3-10H,1-2H3. The molecule has 116 valence electrons. The molecule has 0 N–H and O–H groups in total. The lowest BCUT2D eigenvalue weighted by Gasteiger charge is -2.02. The van der Waals surface area contributed by atoms with Crippen LogP contribution >= 0.6 is 0 Å². The number of aromatic nitrogens is 4. The summed E-state index contributed by atoms with van der Waals surface area (Å²) >= 11 is 0. The number of pyridine rings is 2. The SMILES string of the molecule is Cc1ccc2c(n1)oc1ccc(-c3nc4ccncc4n3C)cc12. The highest BCUT2D eigenvalue weighted by Gasteiger charge is 2.13. The van der Waals surface area contributed by atoms with E-state index in [1.807, 2.05) is 44.4 Å². The van der Waals surface area contributed by atoms with E-state index in [1.54, 1.807) is 6.20 Å². The van der Waals surface area contributed by atoms with Crippen LogP contribution in [0.3, 0.4) is 0 Å². The molecule has 24 heavy (non-hydrogen) atoms. The molecule has 0 radical (unpaired) electrons. The van der Waals surface area contributed by atoms with E-state index >= 15 is 0 Å². The van der Waals surface area contributed by atoms with Gasteiger partial charge in [0, 0.05) is 35.3 Å². The maximum Gasteiger partial charge on any atom is 0.227 e. The first kappa shape index (κ1) is 13.2. The molecule has 5 nitrogen and oxygen atoms in total. The monoisotopic (exact) mass is 314 g/mol. The first-order valence-corrected chi connectivity index (χ1v) is 7.77. The van der Waals surface area contributed by atoms with Crippen LogP contribution in [0.15, 0.2) is 53.2 Å². The molecule has 0 spiro atoms. The zero-order chi connectivity index (χ0) is 16.3. The van der Waals surface area contributed by atoms with Gasteiger partial charge in [0.2, 0.25) is 5.71 Å². The molecule has 0 amide bonds. The molecule has 4 aromatic heterocycles. The molecule has 0 unspecified atom stereocenters. The van der Waals surface area contributed by atoms with E-state index in [0.29, 0.717) is 5.71 Å². The largest absolute Gasteiger partial charge is 0.438 e. The Hall–Kier alpha value is -3.21. The van der Waals surface area contributed by atoms with Crippen molar-refractivity contribution in [1.29, 1.82) is 0 Å². The smallest absolute Gasteiger partial charge is 0.227 e. The van der Waals surface area contributed by atoms with Gasteiger partial charge in [-0.1, -0.05) is 0 Å². The highest BCUT2D eigenvalue weighted by Crippen LogP contribution is 2.32. The summed E-state index contributed by atoms with van der Waals surface area (Å²) in [6.07, 6.45) is 3.60. The van der Waals surface area contributed by atoms with Crippen molar-refractivity contribution >= 4 is 33.1 Å². The van der Waals surface area contributed by atoms with Gasteiger partial charge in [0.25, 0.3) is 0 Å². The second-order valence-corrected chi connectivity index (χ2v) is 5.98. The van der Waals surface area contributed by atoms with E-state index in [4.69, 9.17) is 9.40 Å². The van der Waals surface area contributed by atoms with Crippen LogP contribution in [-0.4, -0.2) is 19.5 Å². The van der Waals surface area contributed by atoms with Crippen LogP contribution in [0, 0.1) is 6.92 Å². The van der Waals surface area contributed by atoms with Crippen LogP contribution in [0.2, 0.25) is 0 Å². The van der Waals surface area contributed by atoms with Gasteiger partial charge in [0.05, 0.1) is 17.2 Å². The fraction of sp³-hybridized carbons (Fsp3) is 0.105. The van der Waals surface area contributed by atoms with Gasteiger partial charge >= 0.3 is 0 Å². The van der Waals surface area contributed by atoms with Crippen molar-refractivity contribution in [3.63, 3.8) is 0 Å². The predicted molar refractivity (Wildman–Crippen MR) is 93.8 cm³/mol. The van der Waals surface area contributed by atoms with Crippen LogP contribution in [0.4, 0.5) is 0 Å². The topological polar surface area (TPSA) is 56.7 Å². The number of nitrogens with zero attached hydrogens (tertiary/aromatic N) is 4. The molecule has 0 atom stereocenters. The van der Waals surface area contributed by atoms with Gasteiger partial charge in [-0.05, 0) is 43.3 Å². The minimum Gasteiger partial charge on any atom is -0.438 e. The summed E-state index contributed by atoms with van der Waals surface area (Å²) in [4.78, 5) is 13.4. The van der Waals surface area contributed by atoms with Crippen molar-refractivity contribution in [1.82, 2.24) is 19.5 Å². The Labute approximate surface area is 137 Å². The highest BCUT2D eigenvalue weighted by molar-refractivity contribution is 6.05. The van der Waals surface area contributed by atoms with E-state index in [0.717, 1.165) is 44.5 Å². The number of hydrogen-bond donors (Lipinski definition) is 0. The Kier molecular flexibility index (Phi) is 2.56. The zero-order valence-corrected chi connectivity index (χ0v) is 13.3. The van der Waals surface area contributed by atoms with Gasteiger partial charge in [0.15, 0.2) is 0 Å². The van der Waals surface area contributed by atoms with E-state index in [-0.39, 0.29) is 0 Å². The highest BCUT2D eigenvalue weighted by atomic mass is 16.3. The molecule has 0 aliphatic rings. The summed E-state index contributed by atoms with van der Waals surface area (Å²) in [5.41, 5.74) is 5.47. The van der Waals surface area contributed by atoms with Crippen molar-refractivity contribution in [2.75, 3.05) is 0 Å². The third-order valence-electron chi connectivity index (χ3n) is 4.42. The Morgan fingerprint density at radius 1 is 1.00 bits per heavy atom. The first-order valence-electron chi connectivity index (χ1n) is 7.77. The van der Waals surface area contributed by atoms with Crippen LogP contribution in [0.5, 0.6) is 0 Å². The molecule has 0 saturated heterocycles. The van der Waals surface area contributed by atoms with E-state index in [9.17, 15) is 0 Å². The van der Waals surface area contributed by atoms with Gasteiger partial charge in [-0.3, -0.25) is 4.98 Å². The molecular formula is C19H14N4O. The molecule has 5 aromatic rings. The fourth-order valence-corrected chi connectivity index (χ4v) is 3.18. The summed E-state index contributed by atoms with van der Waals surface area (Å²) in [6, 6.07) is 12.1. The average Bonchev–Trinajstić information content (AvgIpc) is 3.12. The van der Waals surface area contributed by atoms with Crippen molar-refractivity contribution in [2.24, 2.45) is 7.05 Å². The van der Waals surface area contributed by atoms with Crippen LogP contribution in [0.25, 0.3) is 44.5 Å². The van der Waals surface area contributed by atoms with Gasteiger partial charge in [-0.2, -0.15) is 0 Å². The van der Waals surface area contributed by atoms with Crippen molar-refractivity contribution < 1.29 is 4.42 Å². The summed E-state index contributed by atoms with van der Waals surface area (Å²) in [6.45, 7) is 1.96. The number of fused-ring (bicyclic) bond motifs is 4. The molecule has 0 bridgehead atoms. The molecule has 5 rings (SSSR count). The second kappa shape index (κ2) is 4.64.